The van der Waals surface area contributed by atoms with Gasteiger partial charge in [-0.3, -0.25) is 9.59 Å². The van der Waals surface area contributed by atoms with E-state index in [-0.39, 0.29) is 10.4 Å². The van der Waals surface area contributed by atoms with Gasteiger partial charge >= 0.3 is 59.8 Å². The van der Waals surface area contributed by atoms with E-state index >= 15 is 0 Å². The summed E-state index contributed by atoms with van der Waals surface area (Å²) in [7, 11) is 4.60. The number of hydrogen-bond donors (Lipinski definition) is 0. The van der Waals surface area contributed by atoms with Crippen molar-refractivity contribution in [2.24, 2.45) is 0 Å². The van der Waals surface area contributed by atoms with Crippen LogP contribution in [-0.2, 0) is 19.1 Å². The van der Waals surface area contributed by atoms with Crippen molar-refractivity contribution in [2.45, 2.75) is 85.2 Å². The fraction of sp³-hybridized carbons (Fsp3) is 0.909. The second-order valence-electron chi connectivity index (χ2n) is 10.6. The molecule has 0 aromatic rings. The third-order valence-corrected chi connectivity index (χ3v) is 7.16. The fourth-order valence-corrected chi connectivity index (χ4v) is 3.99. The molecule has 0 rings (SSSR count). The monoisotopic (exact) mass is 742 g/mol. The molecule has 0 saturated carbocycles. The lowest BCUT2D eigenvalue weighted by Gasteiger charge is -2.33. The number of carbonyl (C=O) groups is 2. The van der Waals surface area contributed by atoms with Gasteiger partial charge < -0.3 is 14.0 Å². The van der Waals surface area contributed by atoms with Gasteiger partial charge in [0.15, 0.2) is 0 Å². The summed E-state index contributed by atoms with van der Waals surface area (Å²) < 4.78 is 241. The van der Waals surface area contributed by atoms with Crippen molar-refractivity contribution in [3.05, 3.63) is 0 Å². The highest BCUT2D eigenvalue weighted by atomic mass is 32.2. The van der Waals surface area contributed by atoms with Crippen molar-refractivity contribution in [3.63, 3.8) is 0 Å². The van der Waals surface area contributed by atoms with Crippen LogP contribution >= 0.6 is 11.8 Å². The molecule has 1 unspecified atom stereocenters. The molecule has 0 aliphatic carbocycles. The van der Waals surface area contributed by atoms with Crippen LogP contribution in [0, 0.1) is 0 Å². The Bertz CT molecular complexity index is 1020. The molecule has 0 aliphatic rings. The zero-order chi connectivity index (χ0) is 37.0. The van der Waals surface area contributed by atoms with Gasteiger partial charge in [-0.1, -0.05) is 11.8 Å². The summed E-state index contributed by atoms with van der Waals surface area (Å²) in [6.07, 6.45) is -22.6. The van der Waals surface area contributed by atoms with Crippen LogP contribution in [0.1, 0.15) is 32.1 Å². The highest BCUT2D eigenvalue weighted by Crippen LogP contribution is 2.55. The normalized spacial score (nSPS) is 15.5. The van der Waals surface area contributed by atoms with Crippen molar-refractivity contribution in [2.75, 3.05) is 40.2 Å². The number of alkyl halides is 18. The first-order valence-corrected chi connectivity index (χ1v) is 13.3. The molecule has 0 N–H and O–H groups in total. The van der Waals surface area contributed by atoms with E-state index in [0.717, 1.165) is 0 Å². The smallest absolute Gasteiger partial charge is 0.460 e. The third kappa shape index (κ3) is 10.5. The first-order chi connectivity index (χ1) is 20.1. The van der Waals surface area contributed by atoms with Gasteiger partial charge in [-0.15, -0.1) is 0 Å². The van der Waals surface area contributed by atoms with Crippen LogP contribution in [0.5, 0.6) is 0 Å². The summed E-state index contributed by atoms with van der Waals surface area (Å²) in [5.74, 6) is -43.0. The van der Waals surface area contributed by atoms with E-state index in [1.165, 1.54) is 21.1 Å². The van der Waals surface area contributed by atoms with Gasteiger partial charge in [-0.05, 0) is 12.8 Å². The molecule has 5 nitrogen and oxygen atoms in total. The van der Waals surface area contributed by atoms with E-state index < -0.39 is 110 Å². The quantitative estimate of drug-likeness (QED) is 0.0474. The van der Waals surface area contributed by atoms with E-state index in [2.05, 4.69) is 9.47 Å². The lowest BCUT2D eigenvalue weighted by molar-refractivity contribution is -0.857. The topological polar surface area (TPSA) is 52.6 Å². The number of ether oxygens (including phenoxy) is 2. The molecule has 0 amide bonds. The van der Waals surface area contributed by atoms with Crippen LogP contribution in [0.25, 0.3) is 0 Å². The van der Waals surface area contributed by atoms with Crippen molar-refractivity contribution in [3.8, 4) is 0 Å². The van der Waals surface area contributed by atoms with E-state index in [1.54, 1.807) is 0 Å². The lowest BCUT2D eigenvalue weighted by Crippen LogP contribution is -2.60. The van der Waals surface area contributed by atoms with Gasteiger partial charge in [0.2, 0.25) is 0 Å². The maximum atomic E-state index is 13.6. The number of thioether (sulfide) groups is 1. The Kier molecular flexibility index (Phi) is 14.0. The highest BCUT2D eigenvalue weighted by Gasteiger charge is 2.82. The van der Waals surface area contributed by atoms with E-state index in [1.807, 2.05) is 0 Å². The molecule has 274 valence electrons. The van der Waals surface area contributed by atoms with Gasteiger partial charge in [-0.25, -0.2) is 0 Å². The first-order valence-electron chi connectivity index (χ1n) is 12.2. The molecule has 0 aromatic carbocycles. The largest absolute Gasteiger partial charge is 0.466 e. The van der Waals surface area contributed by atoms with E-state index in [4.69, 9.17) is 0 Å². The van der Waals surface area contributed by atoms with Gasteiger partial charge in [-0.2, -0.15) is 79.0 Å². The molecule has 1 atom stereocenters. The SMILES string of the molecule is C[N+](C)(C)CSC(CC(=O)OCCCC(F)(F)C(F)(F)C(F)(F)C(F)(F)F)C(=O)OCCCC(F)(F)C(F)(F)C(F)(F)C(F)(F)F. The minimum Gasteiger partial charge on any atom is -0.466 e. The number of hydrogen-bond acceptors (Lipinski definition) is 5. The minimum atomic E-state index is -7.14. The lowest BCUT2D eigenvalue weighted by atomic mass is 10.00. The summed E-state index contributed by atoms with van der Waals surface area (Å²) >= 11 is 0.586. The summed E-state index contributed by atoms with van der Waals surface area (Å²) in [6, 6.07) is 0. The van der Waals surface area contributed by atoms with Crippen LogP contribution in [0.3, 0.4) is 0 Å². The van der Waals surface area contributed by atoms with Crippen LogP contribution < -0.4 is 0 Å². The second-order valence-corrected chi connectivity index (χ2v) is 11.7. The average Bonchev–Trinajstić information content (AvgIpc) is 2.84. The van der Waals surface area contributed by atoms with E-state index in [9.17, 15) is 88.6 Å². The number of esters is 2. The number of rotatable bonds is 18. The molecule has 0 saturated heterocycles. The number of quaternary nitrogens is 1. The van der Waals surface area contributed by atoms with Gasteiger partial charge in [0.1, 0.15) is 11.1 Å². The number of nitrogens with zero attached hydrogens (tertiary/aromatic N) is 1. The first kappa shape index (κ1) is 44.0. The predicted molar refractivity (Wildman–Crippen MR) is 121 cm³/mol. The number of carbonyl (C=O) groups excluding carboxylic acids is 2. The molecule has 0 aliphatic heterocycles. The van der Waals surface area contributed by atoms with Crippen LogP contribution in [-0.4, -0.2) is 110 Å². The summed E-state index contributed by atoms with van der Waals surface area (Å²) in [6.45, 7) is -2.54. The summed E-state index contributed by atoms with van der Waals surface area (Å²) in [5.41, 5.74) is 0. The molecule has 46 heavy (non-hydrogen) atoms. The Morgan fingerprint density at radius 3 is 1.26 bits per heavy atom. The highest BCUT2D eigenvalue weighted by molar-refractivity contribution is 8.00. The molecule has 0 radical (unpaired) electrons. The average molecular weight is 742 g/mol. The van der Waals surface area contributed by atoms with Gasteiger partial charge in [0.25, 0.3) is 0 Å². The Balaban J connectivity index is 5.29. The Morgan fingerprint density at radius 2 is 0.935 bits per heavy atom. The maximum Gasteiger partial charge on any atom is 0.460 e. The zero-order valence-corrected chi connectivity index (χ0v) is 24.3. The Labute approximate surface area is 252 Å². The van der Waals surface area contributed by atoms with Crippen molar-refractivity contribution >= 4 is 23.7 Å². The molecular weight excluding hydrogens is 716 g/mol. The molecular formula is C22H26F18NO4S+. The standard InChI is InChI=1S/C22H26F18NO4S/c1-41(2,3)11-46-12(14(43)45-9-5-7-16(25,26)18(29,30)20(33,34)22(38,39)40)10-13(42)44-8-4-6-15(23,24)17(27,28)19(31,32)21(35,36)37/h12H,4-11H2,1-3H3/q+1. The Morgan fingerprint density at radius 1 is 0.587 bits per heavy atom. The molecule has 0 heterocycles. The maximum absolute atomic E-state index is 13.6. The van der Waals surface area contributed by atoms with Crippen molar-refractivity contribution < 1.29 is 103 Å². The number of halogens is 18. The predicted octanol–water partition coefficient (Wildman–Crippen LogP) is 7.73. The van der Waals surface area contributed by atoms with Crippen molar-refractivity contribution in [1.29, 1.82) is 0 Å². The molecule has 0 spiro atoms. The molecule has 24 heteroatoms. The zero-order valence-electron chi connectivity index (χ0n) is 23.5. The van der Waals surface area contributed by atoms with Crippen LogP contribution in [0.2, 0.25) is 0 Å². The molecule has 0 aromatic heterocycles. The molecule has 0 fully saturated rings. The van der Waals surface area contributed by atoms with Crippen LogP contribution in [0.15, 0.2) is 0 Å². The van der Waals surface area contributed by atoms with Crippen molar-refractivity contribution in [1.82, 2.24) is 0 Å². The third-order valence-electron chi connectivity index (χ3n) is 5.47. The van der Waals surface area contributed by atoms with Gasteiger partial charge in [0, 0.05) is 12.8 Å². The van der Waals surface area contributed by atoms with E-state index in [0.29, 0.717) is 11.8 Å². The summed E-state index contributed by atoms with van der Waals surface area (Å²) in [5, 5.41) is -1.67. The minimum absolute atomic E-state index is 0.0457. The molecule has 0 bridgehead atoms. The second kappa shape index (κ2) is 14.6. The fourth-order valence-electron chi connectivity index (χ4n) is 2.90. The summed E-state index contributed by atoms with van der Waals surface area (Å²) in [4.78, 5) is 24.4. The Hall–Kier alpha value is -2.01. The van der Waals surface area contributed by atoms with Gasteiger partial charge in [0.05, 0.1) is 40.8 Å². The van der Waals surface area contributed by atoms with Crippen LogP contribution in [0.4, 0.5) is 79.0 Å².